The van der Waals surface area contributed by atoms with E-state index in [1.165, 1.54) is 0 Å². The number of hydrogen-bond donors (Lipinski definition) is 0. The Bertz CT molecular complexity index is 173. The summed E-state index contributed by atoms with van der Waals surface area (Å²) in [7, 11) is 0. The molecule has 0 radical (unpaired) electrons. The summed E-state index contributed by atoms with van der Waals surface area (Å²) in [5.74, 6) is 0. The smallest absolute Gasteiger partial charge is 0.0843 e. The molecule has 0 spiro atoms. The lowest BCUT2D eigenvalue weighted by Crippen LogP contribution is -1.61. The summed E-state index contributed by atoms with van der Waals surface area (Å²) in [6.07, 6.45) is 0. The number of halogens is 2. The van der Waals surface area contributed by atoms with Gasteiger partial charge in [-0.3, -0.25) is 0 Å². The summed E-state index contributed by atoms with van der Waals surface area (Å²) in [4.78, 5) is 0. The first-order valence-corrected chi connectivity index (χ1v) is 3.37. The number of benzene rings is 1. The highest BCUT2D eigenvalue weighted by Crippen LogP contribution is 2.14. The van der Waals surface area contributed by atoms with Crippen molar-refractivity contribution in [2.75, 3.05) is 0 Å². The van der Waals surface area contributed by atoms with E-state index in [4.69, 9.17) is 11.6 Å². The molecular formula is C6H6BrClMg. The first-order chi connectivity index (χ1) is 3.79. The molecule has 1 aromatic rings. The lowest BCUT2D eigenvalue weighted by molar-refractivity contribution is 1.65. The second-order valence-corrected chi connectivity index (χ2v) is 2.79. The lowest BCUT2D eigenvalue weighted by Gasteiger charge is -1.87. The normalized spacial score (nSPS) is 8.22. The predicted octanol–water partition coefficient (Wildman–Crippen LogP) is 2.19. The van der Waals surface area contributed by atoms with Gasteiger partial charge in [0, 0.05) is 9.50 Å². The van der Waals surface area contributed by atoms with Crippen molar-refractivity contribution in [1.82, 2.24) is 0 Å². The van der Waals surface area contributed by atoms with Crippen molar-refractivity contribution in [2.45, 2.75) is 0 Å². The quantitative estimate of drug-likeness (QED) is 0.585. The van der Waals surface area contributed by atoms with E-state index in [1.807, 2.05) is 24.3 Å². The molecule has 46 valence electrons. The van der Waals surface area contributed by atoms with Crippen molar-refractivity contribution in [3.05, 3.63) is 33.8 Å². The van der Waals surface area contributed by atoms with Crippen molar-refractivity contribution >= 4 is 50.6 Å². The third-order valence-corrected chi connectivity index (χ3v) is 1.52. The maximum absolute atomic E-state index is 5.61. The zero-order valence-corrected chi connectivity index (χ0v) is 6.41. The summed E-state index contributed by atoms with van der Waals surface area (Å²) < 4.78 is 1.02. The van der Waals surface area contributed by atoms with Gasteiger partial charge in [0.05, 0.1) is 0 Å². The minimum absolute atomic E-state index is 0. The van der Waals surface area contributed by atoms with Gasteiger partial charge in [0.2, 0.25) is 0 Å². The van der Waals surface area contributed by atoms with E-state index >= 15 is 0 Å². The third-order valence-electron chi connectivity index (χ3n) is 0.787. The highest BCUT2D eigenvalue weighted by Gasteiger charge is 1.84. The van der Waals surface area contributed by atoms with E-state index in [-0.39, 0.29) is 23.1 Å². The average molecular weight is 218 g/mol. The second-order valence-electron chi connectivity index (χ2n) is 1.44. The van der Waals surface area contributed by atoms with Gasteiger partial charge in [-0.15, -0.1) is 0 Å². The molecule has 0 aliphatic heterocycles. The van der Waals surface area contributed by atoms with Gasteiger partial charge in [-0.05, 0) is 18.2 Å². The van der Waals surface area contributed by atoms with Crippen LogP contribution in [0.1, 0.15) is 0 Å². The van der Waals surface area contributed by atoms with Gasteiger partial charge in [-0.1, -0.05) is 33.6 Å². The van der Waals surface area contributed by atoms with Gasteiger partial charge < -0.3 is 0 Å². The maximum Gasteiger partial charge on any atom is 0.316 e. The number of rotatable bonds is 0. The Hall–Kier alpha value is 0.756. The van der Waals surface area contributed by atoms with Gasteiger partial charge in [-0.25, -0.2) is 0 Å². The Morgan fingerprint density at radius 2 is 2.00 bits per heavy atom. The molecule has 0 aromatic heterocycles. The van der Waals surface area contributed by atoms with E-state index in [1.54, 1.807) is 0 Å². The summed E-state index contributed by atoms with van der Waals surface area (Å²) in [6.45, 7) is 0. The summed E-state index contributed by atoms with van der Waals surface area (Å²) in [5, 5.41) is 0.763. The van der Waals surface area contributed by atoms with Crippen LogP contribution in [0.15, 0.2) is 28.7 Å². The van der Waals surface area contributed by atoms with Gasteiger partial charge in [0.15, 0.2) is 0 Å². The average Bonchev–Trinajstić information content (AvgIpc) is 1.64. The van der Waals surface area contributed by atoms with E-state index < -0.39 is 0 Å². The molecule has 0 nitrogen and oxygen atoms in total. The van der Waals surface area contributed by atoms with Crippen LogP contribution in [0.4, 0.5) is 0 Å². The molecule has 0 aliphatic carbocycles. The van der Waals surface area contributed by atoms with Crippen LogP contribution >= 0.6 is 27.5 Å². The summed E-state index contributed by atoms with van der Waals surface area (Å²) in [5.41, 5.74) is 0. The molecule has 0 saturated heterocycles. The van der Waals surface area contributed by atoms with Crippen LogP contribution in [0.5, 0.6) is 0 Å². The van der Waals surface area contributed by atoms with Gasteiger partial charge in [0.25, 0.3) is 0 Å². The molecule has 3 heteroatoms. The van der Waals surface area contributed by atoms with Crippen LogP contribution in [0.25, 0.3) is 0 Å². The van der Waals surface area contributed by atoms with Crippen LogP contribution in [-0.2, 0) is 0 Å². The molecule has 0 aliphatic rings. The molecule has 1 aromatic carbocycles. The van der Waals surface area contributed by atoms with Crippen molar-refractivity contribution in [1.29, 1.82) is 0 Å². The first kappa shape index (κ1) is 9.76. The van der Waals surface area contributed by atoms with Crippen molar-refractivity contribution in [3.8, 4) is 0 Å². The third kappa shape index (κ3) is 3.45. The Labute approximate surface area is 83.9 Å². The largest absolute Gasteiger partial charge is 0.316 e. The minimum atomic E-state index is 0. The topological polar surface area (TPSA) is 0 Å². The van der Waals surface area contributed by atoms with Crippen LogP contribution in [-0.4, -0.2) is 23.1 Å². The molecule has 0 bridgehead atoms. The predicted molar refractivity (Wildman–Crippen MR) is 47.7 cm³/mol. The molecule has 0 saturated carbocycles. The maximum atomic E-state index is 5.61. The van der Waals surface area contributed by atoms with Crippen molar-refractivity contribution < 1.29 is 0 Å². The molecule has 0 atom stereocenters. The molecule has 0 N–H and O–H groups in total. The first-order valence-electron chi connectivity index (χ1n) is 2.20. The SMILES string of the molecule is Clc1cccc(Br)c1.[MgH2]. The molecule has 9 heavy (non-hydrogen) atoms. The summed E-state index contributed by atoms with van der Waals surface area (Å²) >= 11 is 8.89. The lowest BCUT2D eigenvalue weighted by atomic mass is 10.4. The van der Waals surface area contributed by atoms with Crippen molar-refractivity contribution in [3.63, 3.8) is 0 Å². The second kappa shape index (κ2) is 4.55. The van der Waals surface area contributed by atoms with E-state index in [9.17, 15) is 0 Å². The fourth-order valence-corrected chi connectivity index (χ4v) is 1.18. The fraction of sp³-hybridized carbons (Fsp3) is 0. The standard InChI is InChI=1S/C6H4BrCl.Mg.2H/c7-5-2-1-3-6(8)4-5;;;/h1-4H;;;. The van der Waals surface area contributed by atoms with Crippen molar-refractivity contribution in [2.24, 2.45) is 0 Å². The van der Waals surface area contributed by atoms with Gasteiger partial charge in [-0.2, -0.15) is 0 Å². The zero-order chi connectivity index (χ0) is 5.98. The molecular weight excluding hydrogens is 212 g/mol. The Morgan fingerprint density at radius 1 is 1.33 bits per heavy atom. The monoisotopic (exact) mass is 216 g/mol. The zero-order valence-electron chi connectivity index (χ0n) is 4.07. The highest BCUT2D eigenvalue weighted by atomic mass is 79.9. The molecule has 0 fully saturated rings. The number of hydrogen-bond acceptors (Lipinski definition) is 0. The highest BCUT2D eigenvalue weighted by molar-refractivity contribution is 9.10. The van der Waals surface area contributed by atoms with Crippen LogP contribution in [0.2, 0.25) is 5.02 Å². The van der Waals surface area contributed by atoms with Gasteiger partial charge in [0.1, 0.15) is 0 Å². The van der Waals surface area contributed by atoms with E-state index in [2.05, 4.69) is 15.9 Å². The van der Waals surface area contributed by atoms with E-state index in [0.717, 1.165) is 9.50 Å². The van der Waals surface area contributed by atoms with E-state index in [0.29, 0.717) is 0 Å². The minimum Gasteiger partial charge on any atom is -0.0843 e. The van der Waals surface area contributed by atoms with Crippen LogP contribution in [0, 0.1) is 0 Å². The fourth-order valence-electron chi connectivity index (χ4n) is 0.460. The Balaban J connectivity index is 0.000000640. The van der Waals surface area contributed by atoms with Gasteiger partial charge >= 0.3 is 23.1 Å². The molecule has 0 amide bonds. The van der Waals surface area contributed by atoms with Crippen LogP contribution < -0.4 is 0 Å². The summed E-state index contributed by atoms with van der Waals surface area (Å²) in [6, 6.07) is 7.52. The molecule has 0 unspecified atom stereocenters. The Kier molecular flexibility index (Phi) is 4.94. The van der Waals surface area contributed by atoms with Crippen LogP contribution in [0.3, 0.4) is 0 Å². The Morgan fingerprint density at radius 3 is 2.33 bits per heavy atom. The molecule has 0 heterocycles. The molecule has 1 rings (SSSR count).